The molecule has 0 aromatic rings. The Labute approximate surface area is 168 Å². The van der Waals surface area contributed by atoms with Crippen LogP contribution in [0.5, 0.6) is 0 Å². The summed E-state index contributed by atoms with van der Waals surface area (Å²) >= 11 is 0. The van der Waals surface area contributed by atoms with Crippen LogP contribution in [0.1, 0.15) is 20.3 Å². The van der Waals surface area contributed by atoms with Crippen molar-refractivity contribution >= 4 is 30.2 Å². The van der Waals surface area contributed by atoms with E-state index in [1.165, 1.54) is 13.3 Å². The van der Waals surface area contributed by atoms with Gasteiger partial charge in [0.2, 0.25) is 5.91 Å². The van der Waals surface area contributed by atoms with Gasteiger partial charge in [0.15, 0.2) is 12.6 Å². The number of carbonyl (C=O) groups excluding carboxylic acids is 4. The molecular weight excluding hydrogens is 386 g/mol. The summed E-state index contributed by atoms with van der Waals surface area (Å²) in [6.45, 7) is 3.42. The highest BCUT2D eigenvalue weighted by Crippen LogP contribution is 2.08. The lowest BCUT2D eigenvalue weighted by atomic mass is 10.2. The molecule has 0 saturated heterocycles. The third-order valence-corrected chi connectivity index (χ3v) is 3.67. The second-order valence-corrected chi connectivity index (χ2v) is 6.23. The van der Waals surface area contributed by atoms with E-state index in [0.29, 0.717) is 11.2 Å². The molecule has 1 aliphatic rings. The van der Waals surface area contributed by atoms with E-state index in [0.717, 1.165) is 12.2 Å². The fourth-order valence-corrected chi connectivity index (χ4v) is 2.30. The summed E-state index contributed by atoms with van der Waals surface area (Å²) in [5.41, 5.74) is 0. The Morgan fingerprint density at radius 2 is 1.93 bits per heavy atom. The van der Waals surface area contributed by atoms with Crippen LogP contribution in [-0.4, -0.2) is 91.8 Å². The zero-order chi connectivity index (χ0) is 21.8. The second kappa shape index (κ2) is 13.0. The fraction of sp³-hybridized carbons (Fsp3) is 0.611. The van der Waals surface area contributed by atoms with Gasteiger partial charge in [-0.2, -0.15) is 0 Å². The number of rotatable bonds is 14. The van der Waals surface area contributed by atoms with Crippen molar-refractivity contribution in [1.29, 1.82) is 0 Å². The van der Waals surface area contributed by atoms with Gasteiger partial charge in [0.25, 0.3) is 11.8 Å². The molecule has 0 bridgehead atoms. The van der Waals surface area contributed by atoms with Gasteiger partial charge in [-0.1, -0.05) is 0 Å². The average molecular weight is 413 g/mol. The van der Waals surface area contributed by atoms with Crippen LogP contribution in [0, 0.1) is 0 Å². The first kappa shape index (κ1) is 24.7. The normalized spacial score (nSPS) is 17.3. The molecule has 3 amide bonds. The first-order valence-electron chi connectivity index (χ1n) is 9.03. The maximum atomic E-state index is 11.9. The summed E-state index contributed by atoms with van der Waals surface area (Å²) in [6, 6.07) is 0. The number of hydrogen-bond acceptors (Lipinski definition) is 10. The number of nitrogens with one attached hydrogen (secondary N) is 1. The number of amides is 3. The van der Waals surface area contributed by atoms with E-state index in [1.807, 2.05) is 0 Å². The van der Waals surface area contributed by atoms with Crippen molar-refractivity contribution in [2.45, 2.75) is 44.9 Å². The summed E-state index contributed by atoms with van der Waals surface area (Å²) in [5, 5.41) is 12.3. The molecule has 162 valence electrons. The zero-order valence-corrected chi connectivity index (χ0v) is 16.6. The molecule has 0 radical (unpaired) electrons. The minimum absolute atomic E-state index is 0.0570. The number of hydrogen-bond donors (Lipinski definition) is 2. The van der Waals surface area contributed by atoms with Gasteiger partial charge in [-0.25, -0.2) is 4.90 Å². The predicted molar refractivity (Wildman–Crippen MR) is 101 cm³/mol. The quantitative estimate of drug-likeness (QED) is 0.118. The molecule has 1 rings (SSSR count). The molecule has 29 heavy (non-hydrogen) atoms. The third kappa shape index (κ3) is 8.30. The number of ether oxygens (including phenoxy) is 3. The highest BCUT2D eigenvalue weighted by molar-refractivity contribution is 6.22. The molecule has 0 aromatic carbocycles. The Balaban J connectivity index is 2.45. The summed E-state index contributed by atoms with van der Waals surface area (Å²) < 4.78 is 16.0. The van der Waals surface area contributed by atoms with E-state index in [2.05, 4.69) is 10.3 Å². The first-order valence-corrected chi connectivity index (χ1v) is 9.03. The maximum absolute atomic E-state index is 11.9. The summed E-state index contributed by atoms with van der Waals surface area (Å²) in [6.07, 6.45) is 0.885. The monoisotopic (exact) mass is 413 g/mol. The van der Waals surface area contributed by atoms with Crippen LogP contribution < -0.4 is 5.32 Å². The van der Waals surface area contributed by atoms with E-state index in [-0.39, 0.29) is 25.7 Å². The molecule has 0 aliphatic carbocycles. The SMILES string of the molecule is COC(C=O)[C@@H](CO)O[C@H](C=NCNCCC(=O)N1C(=O)C=CC1=O)OC(C)C. The number of nitrogens with zero attached hydrogens (tertiary/aromatic N) is 2. The number of aliphatic hydroxyl groups excluding tert-OH is 1. The van der Waals surface area contributed by atoms with Crippen molar-refractivity contribution in [3.8, 4) is 0 Å². The Hall–Kier alpha value is -2.31. The molecule has 0 aromatic heterocycles. The van der Waals surface area contributed by atoms with Crippen LogP contribution in [0.2, 0.25) is 0 Å². The number of aldehydes is 1. The van der Waals surface area contributed by atoms with Crippen LogP contribution in [0.3, 0.4) is 0 Å². The lowest BCUT2D eigenvalue weighted by molar-refractivity contribution is -0.182. The molecule has 1 unspecified atom stereocenters. The Morgan fingerprint density at radius 1 is 1.28 bits per heavy atom. The van der Waals surface area contributed by atoms with E-state index in [9.17, 15) is 24.3 Å². The maximum Gasteiger partial charge on any atom is 0.260 e. The van der Waals surface area contributed by atoms with Gasteiger partial charge in [-0.05, 0) is 13.8 Å². The van der Waals surface area contributed by atoms with Gasteiger partial charge in [0.05, 0.1) is 25.6 Å². The lowest BCUT2D eigenvalue weighted by Crippen LogP contribution is -2.40. The number of carbonyl (C=O) groups is 4. The molecule has 11 heteroatoms. The molecule has 2 N–H and O–H groups in total. The minimum atomic E-state index is -0.957. The topological polar surface area (TPSA) is 144 Å². The molecule has 11 nitrogen and oxygen atoms in total. The van der Waals surface area contributed by atoms with Gasteiger partial charge >= 0.3 is 0 Å². The van der Waals surface area contributed by atoms with Crippen molar-refractivity contribution in [2.24, 2.45) is 4.99 Å². The van der Waals surface area contributed by atoms with Crippen LogP contribution in [0.4, 0.5) is 0 Å². The Kier molecular flexibility index (Phi) is 11.1. The smallest absolute Gasteiger partial charge is 0.260 e. The largest absolute Gasteiger partial charge is 0.394 e. The zero-order valence-electron chi connectivity index (χ0n) is 16.6. The predicted octanol–water partition coefficient (Wildman–Crippen LogP) is -1.21. The standard InChI is InChI=1S/C18H27N3O8/c1-12(2)28-18(29-14(10-23)13(9-22)27-3)8-20-11-19-7-6-17(26)21-15(24)4-5-16(21)25/h4-5,8-9,12-14,18-19,23H,6-7,10-11H2,1-3H3/t13?,14-,18-/m1/s1. The molecule has 1 heterocycles. The van der Waals surface area contributed by atoms with Crippen molar-refractivity contribution < 1.29 is 38.5 Å². The van der Waals surface area contributed by atoms with Crippen molar-refractivity contribution in [3.63, 3.8) is 0 Å². The molecule has 1 aliphatic heterocycles. The number of aliphatic imine (C=N–C) groups is 1. The van der Waals surface area contributed by atoms with Crippen LogP contribution in [-0.2, 0) is 33.4 Å². The Bertz CT molecular complexity index is 617. The van der Waals surface area contributed by atoms with E-state index < -0.39 is 42.8 Å². The van der Waals surface area contributed by atoms with Gasteiger partial charge in [-0.3, -0.25) is 24.7 Å². The van der Waals surface area contributed by atoms with Gasteiger partial charge in [0, 0.05) is 32.2 Å². The van der Waals surface area contributed by atoms with Crippen LogP contribution in [0.25, 0.3) is 0 Å². The minimum Gasteiger partial charge on any atom is -0.394 e. The number of imide groups is 3. The van der Waals surface area contributed by atoms with E-state index in [4.69, 9.17) is 14.2 Å². The second-order valence-electron chi connectivity index (χ2n) is 6.23. The summed E-state index contributed by atoms with van der Waals surface area (Å²) in [4.78, 5) is 50.3. The Morgan fingerprint density at radius 3 is 2.45 bits per heavy atom. The fourth-order valence-electron chi connectivity index (χ4n) is 2.30. The highest BCUT2D eigenvalue weighted by atomic mass is 16.7. The van der Waals surface area contributed by atoms with E-state index in [1.54, 1.807) is 13.8 Å². The van der Waals surface area contributed by atoms with Crippen LogP contribution in [0.15, 0.2) is 17.1 Å². The van der Waals surface area contributed by atoms with Crippen molar-refractivity contribution in [3.05, 3.63) is 12.2 Å². The average Bonchev–Trinajstić information content (AvgIpc) is 3.01. The molecular formula is C18H27N3O8. The lowest BCUT2D eigenvalue weighted by Gasteiger charge is -2.25. The number of aliphatic hydroxyl groups is 1. The van der Waals surface area contributed by atoms with Crippen LogP contribution >= 0.6 is 0 Å². The van der Waals surface area contributed by atoms with E-state index >= 15 is 0 Å². The number of methoxy groups -OCH3 is 1. The van der Waals surface area contributed by atoms with Crippen molar-refractivity contribution in [1.82, 2.24) is 10.2 Å². The van der Waals surface area contributed by atoms with Crippen molar-refractivity contribution in [2.75, 3.05) is 26.9 Å². The highest BCUT2D eigenvalue weighted by Gasteiger charge is 2.29. The summed E-state index contributed by atoms with van der Waals surface area (Å²) in [5.74, 6) is -1.89. The summed E-state index contributed by atoms with van der Waals surface area (Å²) in [7, 11) is 1.32. The molecule has 3 atom stereocenters. The van der Waals surface area contributed by atoms with Gasteiger partial charge in [0.1, 0.15) is 12.2 Å². The molecule has 0 saturated carbocycles. The van der Waals surface area contributed by atoms with Gasteiger partial charge < -0.3 is 24.1 Å². The first-order chi connectivity index (χ1) is 13.8. The third-order valence-electron chi connectivity index (χ3n) is 3.67. The van der Waals surface area contributed by atoms with Gasteiger partial charge in [-0.15, -0.1) is 0 Å². The molecule has 0 fully saturated rings. The molecule has 0 spiro atoms.